The maximum atomic E-state index is 12.6. The summed E-state index contributed by atoms with van der Waals surface area (Å²) in [6.45, 7) is 6.95. The summed E-state index contributed by atoms with van der Waals surface area (Å²) in [7, 11) is 0. The lowest BCUT2D eigenvalue weighted by Crippen LogP contribution is -2.60. The molecule has 0 unspecified atom stereocenters. The van der Waals surface area contributed by atoms with E-state index in [0.717, 1.165) is 5.56 Å². The number of benzene rings is 1. The molecule has 0 bridgehead atoms. The maximum absolute atomic E-state index is 12.6. The molecule has 2 rings (SSSR count). The summed E-state index contributed by atoms with van der Waals surface area (Å²) in [6.07, 6.45) is -0.721. The lowest BCUT2D eigenvalue weighted by Gasteiger charge is -2.42. The van der Waals surface area contributed by atoms with Crippen molar-refractivity contribution in [2.75, 3.05) is 13.1 Å². The minimum Gasteiger partial charge on any atom is -0.373 e. The van der Waals surface area contributed by atoms with Gasteiger partial charge in [0, 0.05) is 18.7 Å². The topological polar surface area (TPSA) is 41.6 Å². The van der Waals surface area contributed by atoms with E-state index in [-0.39, 0.29) is 18.1 Å². The van der Waals surface area contributed by atoms with E-state index in [0.29, 0.717) is 18.7 Å². The van der Waals surface area contributed by atoms with Gasteiger partial charge in [-0.05, 0) is 32.4 Å². The van der Waals surface area contributed by atoms with Crippen molar-refractivity contribution >= 4 is 40.7 Å². The summed E-state index contributed by atoms with van der Waals surface area (Å²) < 4.78 is 4.06. The van der Waals surface area contributed by atoms with Gasteiger partial charge in [0.05, 0.1) is 12.2 Å². The highest BCUT2D eigenvalue weighted by Crippen LogP contribution is 2.33. The number of hydrogen-bond acceptors (Lipinski definition) is 3. The Labute approximate surface area is 152 Å². The number of nitrogens with one attached hydrogen (secondary N) is 1. The number of alkyl halides is 3. The van der Waals surface area contributed by atoms with E-state index < -0.39 is 9.96 Å². The number of carbonyl (C=O) groups is 1. The fourth-order valence-electron chi connectivity index (χ4n) is 2.84. The molecular formula is C16H21Cl3N2O2. The lowest BCUT2D eigenvalue weighted by molar-refractivity contribution is -0.0826. The molecule has 23 heavy (non-hydrogen) atoms. The van der Waals surface area contributed by atoms with Crippen LogP contribution in [0, 0.1) is 6.92 Å². The van der Waals surface area contributed by atoms with Gasteiger partial charge in [-0.2, -0.15) is 0 Å². The minimum atomic E-state index is -1.64. The molecule has 3 atom stereocenters. The van der Waals surface area contributed by atoms with Crippen molar-refractivity contribution in [2.45, 2.75) is 42.9 Å². The lowest BCUT2D eigenvalue weighted by atomic mass is 10.1. The largest absolute Gasteiger partial charge is 0.373 e. The first-order chi connectivity index (χ1) is 10.7. The van der Waals surface area contributed by atoms with Gasteiger partial charge in [-0.3, -0.25) is 9.69 Å². The average molecular weight is 380 g/mol. The second-order valence-corrected chi connectivity index (χ2v) is 8.31. The first-order valence-corrected chi connectivity index (χ1v) is 8.64. The van der Waals surface area contributed by atoms with Gasteiger partial charge in [-0.25, -0.2) is 0 Å². The molecule has 128 valence electrons. The Kier molecular flexibility index (Phi) is 6.20. The molecule has 0 aliphatic carbocycles. The van der Waals surface area contributed by atoms with Crippen molar-refractivity contribution in [1.29, 1.82) is 0 Å². The van der Waals surface area contributed by atoms with Gasteiger partial charge in [-0.15, -0.1) is 0 Å². The first kappa shape index (κ1) is 18.8. The summed E-state index contributed by atoms with van der Waals surface area (Å²) in [6, 6.07) is 7.32. The third kappa shape index (κ3) is 4.97. The van der Waals surface area contributed by atoms with E-state index >= 15 is 0 Å². The van der Waals surface area contributed by atoms with Crippen molar-refractivity contribution in [1.82, 2.24) is 10.2 Å². The quantitative estimate of drug-likeness (QED) is 0.817. The molecule has 1 amide bonds. The fourth-order valence-corrected chi connectivity index (χ4v) is 3.42. The summed E-state index contributed by atoms with van der Waals surface area (Å²) >= 11 is 18.4. The van der Waals surface area contributed by atoms with Crippen LogP contribution >= 0.6 is 34.8 Å². The third-order valence-corrected chi connectivity index (χ3v) is 4.40. The van der Waals surface area contributed by atoms with Crippen LogP contribution in [0.15, 0.2) is 24.3 Å². The van der Waals surface area contributed by atoms with Crippen LogP contribution in [0.4, 0.5) is 0 Å². The molecule has 7 heteroatoms. The summed E-state index contributed by atoms with van der Waals surface area (Å²) in [5.41, 5.74) is 1.44. The Morgan fingerprint density at radius 2 is 1.83 bits per heavy atom. The maximum Gasteiger partial charge on any atom is 0.252 e. The average Bonchev–Trinajstić information content (AvgIpc) is 2.42. The normalized spacial score (nSPS) is 24.3. The molecule has 0 radical (unpaired) electrons. The molecule has 1 N–H and O–H groups in total. The van der Waals surface area contributed by atoms with E-state index in [2.05, 4.69) is 5.32 Å². The molecule has 0 aromatic heterocycles. The smallest absolute Gasteiger partial charge is 0.252 e. The zero-order chi connectivity index (χ0) is 17.2. The van der Waals surface area contributed by atoms with Gasteiger partial charge in [-0.1, -0.05) is 53.0 Å². The van der Waals surface area contributed by atoms with Crippen LogP contribution in [0.25, 0.3) is 0 Å². The molecule has 1 heterocycles. The number of amides is 1. The van der Waals surface area contributed by atoms with Crippen LogP contribution in [0.5, 0.6) is 0 Å². The van der Waals surface area contributed by atoms with E-state index in [1.165, 1.54) is 0 Å². The number of hydrogen-bond donors (Lipinski definition) is 1. The fraction of sp³-hybridized carbons (Fsp3) is 0.562. The molecule has 0 spiro atoms. The molecule has 1 aromatic rings. The van der Waals surface area contributed by atoms with Gasteiger partial charge >= 0.3 is 0 Å². The molecular weight excluding hydrogens is 359 g/mol. The second-order valence-electron chi connectivity index (χ2n) is 5.94. The molecule has 0 saturated carbocycles. The third-order valence-electron chi connectivity index (χ3n) is 3.78. The van der Waals surface area contributed by atoms with Crippen molar-refractivity contribution in [3.05, 3.63) is 35.4 Å². The molecule has 1 aliphatic heterocycles. The van der Waals surface area contributed by atoms with E-state index in [4.69, 9.17) is 39.5 Å². The van der Waals surface area contributed by atoms with Crippen LogP contribution in [0.3, 0.4) is 0 Å². The Morgan fingerprint density at radius 3 is 2.35 bits per heavy atom. The Bertz CT molecular complexity index is 553. The number of carbonyl (C=O) groups excluding carboxylic acids is 1. The van der Waals surface area contributed by atoms with Crippen molar-refractivity contribution in [3.63, 3.8) is 0 Å². The predicted octanol–water partition coefficient (Wildman–Crippen LogP) is 3.53. The van der Waals surface area contributed by atoms with E-state index in [1.807, 2.05) is 43.9 Å². The number of halogens is 3. The van der Waals surface area contributed by atoms with Crippen LogP contribution in [0.2, 0.25) is 0 Å². The zero-order valence-corrected chi connectivity index (χ0v) is 15.6. The van der Waals surface area contributed by atoms with Gasteiger partial charge in [0.1, 0.15) is 6.17 Å². The Morgan fingerprint density at radius 1 is 1.26 bits per heavy atom. The van der Waals surface area contributed by atoms with Crippen LogP contribution < -0.4 is 5.32 Å². The molecule has 1 aliphatic rings. The standard InChI is InChI=1S/C16H21Cl3N2O2/c1-10-6-4-5-7-13(10)14(22)20-15(16(17,18)19)21-8-11(2)23-12(3)9-21/h4-7,11-12,15H,8-9H2,1-3H3,(H,20,22)/t11-,12+,15-/m0/s1. The van der Waals surface area contributed by atoms with Crippen LogP contribution in [0.1, 0.15) is 29.8 Å². The van der Waals surface area contributed by atoms with Crippen LogP contribution in [-0.4, -0.2) is 46.1 Å². The van der Waals surface area contributed by atoms with Crippen molar-refractivity contribution in [3.8, 4) is 0 Å². The molecule has 1 aromatic carbocycles. The Balaban J connectivity index is 2.20. The Hall–Kier alpha value is -0.520. The summed E-state index contributed by atoms with van der Waals surface area (Å²) in [4.78, 5) is 14.5. The highest BCUT2D eigenvalue weighted by molar-refractivity contribution is 6.68. The number of aryl methyl sites for hydroxylation is 1. The van der Waals surface area contributed by atoms with Crippen LogP contribution in [-0.2, 0) is 4.74 Å². The monoisotopic (exact) mass is 378 g/mol. The van der Waals surface area contributed by atoms with Gasteiger partial charge < -0.3 is 10.1 Å². The number of rotatable bonds is 3. The number of morpholine rings is 1. The molecule has 1 fully saturated rings. The zero-order valence-electron chi connectivity index (χ0n) is 13.4. The van der Waals surface area contributed by atoms with Crippen molar-refractivity contribution < 1.29 is 9.53 Å². The highest BCUT2D eigenvalue weighted by atomic mass is 35.6. The summed E-state index contributed by atoms with van der Waals surface area (Å²) in [5, 5.41) is 2.86. The molecule has 4 nitrogen and oxygen atoms in total. The predicted molar refractivity (Wildman–Crippen MR) is 94.3 cm³/mol. The van der Waals surface area contributed by atoms with E-state index in [9.17, 15) is 4.79 Å². The highest BCUT2D eigenvalue weighted by Gasteiger charge is 2.41. The number of ether oxygens (including phenoxy) is 1. The minimum absolute atomic E-state index is 0.00367. The van der Waals surface area contributed by atoms with E-state index in [1.54, 1.807) is 6.07 Å². The SMILES string of the molecule is Cc1ccccc1C(=O)N[C@@H](N1C[C@@H](C)O[C@@H](C)C1)C(Cl)(Cl)Cl. The molecule has 1 saturated heterocycles. The van der Waals surface area contributed by atoms with Crippen molar-refractivity contribution in [2.24, 2.45) is 0 Å². The van der Waals surface area contributed by atoms with Gasteiger partial charge in [0.25, 0.3) is 5.91 Å². The van der Waals surface area contributed by atoms with Gasteiger partial charge in [0.15, 0.2) is 0 Å². The first-order valence-electron chi connectivity index (χ1n) is 7.51. The number of nitrogens with zero attached hydrogens (tertiary/aromatic N) is 1. The van der Waals surface area contributed by atoms with Gasteiger partial charge in [0.2, 0.25) is 3.79 Å². The second kappa shape index (κ2) is 7.58. The summed E-state index contributed by atoms with van der Waals surface area (Å²) in [5.74, 6) is -0.258.